The van der Waals surface area contributed by atoms with E-state index >= 15 is 4.39 Å². The van der Waals surface area contributed by atoms with E-state index in [1.165, 1.54) is 0 Å². The van der Waals surface area contributed by atoms with Gasteiger partial charge in [0.15, 0.2) is 5.78 Å². The summed E-state index contributed by atoms with van der Waals surface area (Å²) in [6, 6.07) is 20.3. The van der Waals surface area contributed by atoms with Gasteiger partial charge in [-0.15, -0.1) is 0 Å². The van der Waals surface area contributed by atoms with Crippen molar-refractivity contribution in [3.8, 4) is 22.6 Å². The Morgan fingerprint density at radius 2 is 1.95 bits per heavy atom. The number of methoxy groups -OCH3 is 1. The molecule has 0 amide bonds. The predicted octanol–water partition coefficient (Wildman–Crippen LogP) is 4.67. The Balaban J connectivity index is 1.23. The quantitative estimate of drug-likeness (QED) is 0.380. The minimum Gasteiger partial charge on any atom is -0.497 e. The number of nitrogens with zero attached hydrogens (tertiary/aromatic N) is 3. The van der Waals surface area contributed by atoms with E-state index in [2.05, 4.69) is 21.3 Å². The third-order valence-corrected chi connectivity index (χ3v) is 7.71. The van der Waals surface area contributed by atoms with E-state index in [1.54, 1.807) is 30.1 Å². The van der Waals surface area contributed by atoms with Crippen molar-refractivity contribution >= 4 is 5.78 Å². The molecule has 7 nitrogen and oxygen atoms in total. The molecule has 2 aliphatic rings. The smallest absolute Gasteiger partial charge is 0.183 e. The summed E-state index contributed by atoms with van der Waals surface area (Å²) < 4.78 is 22.6. The number of nitrogens with one attached hydrogen (secondary N) is 1. The lowest BCUT2D eigenvalue weighted by Crippen LogP contribution is -2.22. The number of aliphatic hydroxyl groups excluding tert-OH is 1. The van der Waals surface area contributed by atoms with Crippen LogP contribution in [0.15, 0.2) is 73.1 Å². The van der Waals surface area contributed by atoms with Crippen LogP contribution in [0.5, 0.6) is 5.75 Å². The summed E-state index contributed by atoms with van der Waals surface area (Å²) in [4.78, 5) is 20.1. The normalized spacial score (nSPS) is 19.6. The number of ketones is 1. The lowest BCUT2D eigenvalue weighted by molar-refractivity contribution is 0.0966. The number of carbonyl (C=O) groups is 1. The molecule has 0 bridgehead atoms. The highest BCUT2D eigenvalue weighted by atomic mass is 19.1. The van der Waals surface area contributed by atoms with Crippen molar-refractivity contribution in [2.45, 2.75) is 38.1 Å². The zero-order valence-electron chi connectivity index (χ0n) is 21.8. The minimum atomic E-state index is -0.466. The van der Waals surface area contributed by atoms with Crippen molar-refractivity contribution in [3.05, 3.63) is 101 Å². The van der Waals surface area contributed by atoms with Crippen molar-refractivity contribution in [1.82, 2.24) is 19.8 Å². The standard InChI is InChI=1S/C31H31FN4O3/c1-39-24-9-7-22(8-10-24)36-19-34-29-16-33-28(15-30(38)31(29)36)26-11-6-20(14-27(26)32)25-5-3-2-4-21(25)17-35-13-12-23(37)18-35/h2-11,14,19,23,28,33,37H,12-13,15-18H2,1H3/t23-,28?/m1/s1. The van der Waals surface area contributed by atoms with Crippen LogP contribution in [0.2, 0.25) is 0 Å². The third kappa shape index (κ3) is 5.11. The molecule has 1 fully saturated rings. The summed E-state index contributed by atoms with van der Waals surface area (Å²) in [5, 5.41) is 13.2. The van der Waals surface area contributed by atoms with Crippen LogP contribution in [-0.2, 0) is 13.1 Å². The Labute approximate surface area is 226 Å². The predicted molar refractivity (Wildman–Crippen MR) is 146 cm³/mol. The van der Waals surface area contributed by atoms with Crippen molar-refractivity contribution in [1.29, 1.82) is 0 Å². The monoisotopic (exact) mass is 526 g/mol. The first-order valence-electron chi connectivity index (χ1n) is 13.3. The van der Waals surface area contributed by atoms with Crippen LogP contribution >= 0.6 is 0 Å². The van der Waals surface area contributed by atoms with E-state index in [4.69, 9.17) is 4.74 Å². The highest BCUT2D eigenvalue weighted by Crippen LogP contribution is 2.32. The number of hydrogen-bond acceptors (Lipinski definition) is 6. The topological polar surface area (TPSA) is 79.6 Å². The molecule has 0 spiro atoms. The number of carbonyl (C=O) groups excluding carboxylic acids is 1. The number of Topliss-reactive ketones (excluding diaryl/α,β-unsaturated/α-hetero) is 1. The molecule has 0 saturated carbocycles. The zero-order chi connectivity index (χ0) is 26.9. The summed E-state index contributed by atoms with van der Waals surface area (Å²) >= 11 is 0. The molecule has 8 heteroatoms. The maximum absolute atomic E-state index is 15.6. The number of benzene rings is 3. The lowest BCUT2D eigenvalue weighted by Gasteiger charge is -2.19. The molecule has 2 N–H and O–H groups in total. The van der Waals surface area contributed by atoms with E-state index in [9.17, 15) is 9.90 Å². The SMILES string of the molecule is COc1ccc(-n2cnc3c2C(=O)CC(c2ccc(-c4ccccc4CN4CC[C@@H](O)C4)cc2F)NC3)cc1. The number of ether oxygens (including phenoxy) is 1. The van der Waals surface area contributed by atoms with E-state index in [0.29, 0.717) is 36.6 Å². The maximum Gasteiger partial charge on any atom is 0.183 e. The number of fused-ring (bicyclic) bond motifs is 1. The number of likely N-dealkylation sites (tertiary alicyclic amines) is 1. The number of imidazole rings is 1. The van der Waals surface area contributed by atoms with Crippen LogP contribution < -0.4 is 10.1 Å². The van der Waals surface area contributed by atoms with Gasteiger partial charge in [-0.2, -0.15) is 0 Å². The Morgan fingerprint density at radius 1 is 1.13 bits per heavy atom. The molecule has 4 aromatic rings. The van der Waals surface area contributed by atoms with Crippen LogP contribution in [-0.4, -0.2) is 51.6 Å². The van der Waals surface area contributed by atoms with Gasteiger partial charge in [0.25, 0.3) is 0 Å². The molecule has 6 rings (SSSR count). The molecule has 3 heterocycles. The van der Waals surface area contributed by atoms with Crippen LogP contribution in [0.4, 0.5) is 4.39 Å². The number of halogens is 1. The first kappa shape index (κ1) is 25.4. The van der Waals surface area contributed by atoms with E-state index < -0.39 is 6.04 Å². The Kier molecular flexibility index (Phi) is 6.99. The minimum absolute atomic E-state index is 0.0880. The van der Waals surface area contributed by atoms with Crippen molar-refractivity contribution in [2.24, 2.45) is 0 Å². The van der Waals surface area contributed by atoms with E-state index in [0.717, 1.165) is 41.1 Å². The van der Waals surface area contributed by atoms with Crippen LogP contribution in [0, 0.1) is 5.82 Å². The summed E-state index contributed by atoms with van der Waals surface area (Å²) in [5.41, 5.74) is 5.31. The number of aliphatic hydroxyl groups is 1. The molecule has 39 heavy (non-hydrogen) atoms. The second-order valence-electron chi connectivity index (χ2n) is 10.2. The van der Waals surface area contributed by atoms with Gasteiger partial charge >= 0.3 is 0 Å². The molecule has 2 aliphatic heterocycles. The fourth-order valence-corrected chi connectivity index (χ4v) is 5.66. The second kappa shape index (κ2) is 10.7. The van der Waals surface area contributed by atoms with Gasteiger partial charge in [-0.05, 0) is 53.4 Å². The van der Waals surface area contributed by atoms with Gasteiger partial charge < -0.3 is 15.2 Å². The Hall–Kier alpha value is -3.85. The maximum atomic E-state index is 15.6. The van der Waals surface area contributed by atoms with Crippen LogP contribution in [0.3, 0.4) is 0 Å². The molecule has 3 aromatic carbocycles. The van der Waals surface area contributed by atoms with Crippen molar-refractivity contribution < 1.29 is 19.0 Å². The third-order valence-electron chi connectivity index (χ3n) is 7.71. The van der Waals surface area contributed by atoms with Gasteiger partial charge in [0.05, 0.1) is 18.9 Å². The highest BCUT2D eigenvalue weighted by molar-refractivity contribution is 5.97. The highest BCUT2D eigenvalue weighted by Gasteiger charge is 2.29. The first-order valence-corrected chi connectivity index (χ1v) is 13.3. The van der Waals surface area contributed by atoms with Gasteiger partial charge in [0.1, 0.15) is 23.6 Å². The lowest BCUT2D eigenvalue weighted by atomic mass is 9.95. The molecule has 0 radical (unpaired) electrons. The summed E-state index contributed by atoms with van der Waals surface area (Å²) in [5.74, 6) is 0.297. The molecule has 200 valence electrons. The fraction of sp³-hybridized carbons (Fsp3) is 0.290. The molecule has 1 unspecified atom stereocenters. The largest absolute Gasteiger partial charge is 0.497 e. The van der Waals surface area contributed by atoms with Crippen molar-refractivity contribution in [2.75, 3.05) is 20.2 Å². The van der Waals surface area contributed by atoms with Crippen LogP contribution in [0.25, 0.3) is 16.8 Å². The summed E-state index contributed by atoms with van der Waals surface area (Å²) in [6.45, 7) is 2.57. The summed E-state index contributed by atoms with van der Waals surface area (Å²) in [6.07, 6.45) is 2.27. The number of hydrogen-bond donors (Lipinski definition) is 2. The van der Waals surface area contributed by atoms with E-state index in [1.807, 2.05) is 48.5 Å². The molecule has 1 saturated heterocycles. The second-order valence-corrected chi connectivity index (χ2v) is 10.2. The van der Waals surface area contributed by atoms with Gasteiger partial charge in [0, 0.05) is 49.9 Å². The molecule has 0 aliphatic carbocycles. The molecular formula is C31H31FN4O3. The molecule has 1 aromatic heterocycles. The number of β-amino-alcohol motifs (C(OH)–C–C–N with tert-alkyl or cyclic N) is 1. The zero-order valence-corrected chi connectivity index (χ0v) is 21.8. The molecule has 2 atom stereocenters. The fourth-order valence-electron chi connectivity index (χ4n) is 5.66. The molecular weight excluding hydrogens is 495 g/mol. The van der Waals surface area contributed by atoms with Gasteiger partial charge in [-0.1, -0.05) is 36.4 Å². The van der Waals surface area contributed by atoms with Crippen molar-refractivity contribution in [3.63, 3.8) is 0 Å². The average molecular weight is 527 g/mol. The average Bonchev–Trinajstić information content (AvgIpc) is 3.53. The first-order chi connectivity index (χ1) is 19.0. The number of aromatic nitrogens is 2. The van der Waals surface area contributed by atoms with E-state index in [-0.39, 0.29) is 24.1 Å². The van der Waals surface area contributed by atoms with Gasteiger partial charge in [0.2, 0.25) is 0 Å². The Morgan fingerprint density at radius 3 is 2.69 bits per heavy atom. The van der Waals surface area contributed by atoms with Gasteiger partial charge in [-0.3, -0.25) is 14.3 Å². The Bertz CT molecular complexity index is 1500. The van der Waals surface area contributed by atoms with Crippen LogP contribution in [0.1, 0.15) is 46.2 Å². The number of rotatable bonds is 6. The van der Waals surface area contributed by atoms with Gasteiger partial charge in [-0.25, -0.2) is 9.37 Å². The summed E-state index contributed by atoms with van der Waals surface area (Å²) in [7, 11) is 1.61.